The molecule has 1 aromatic heterocycles. The number of aryl methyl sites for hydroxylation is 1. The lowest BCUT2D eigenvalue weighted by molar-refractivity contribution is -0.255. The summed E-state index contributed by atoms with van der Waals surface area (Å²) in [5.74, 6) is -1.18. The molecule has 82 valence electrons. The van der Waals surface area contributed by atoms with E-state index in [1.807, 2.05) is 30.3 Å². The van der Waals surface area contributed by atoms with Crippen LogP contribution in [0.3, 0.4) is 0 Å². The van der Waals surface area contributed by atoms with Crippen LogP contribution >= 0.6 is 0 Å². The normalized spacial score (nSPS) is 10.4. The Morgan fingerprint density at radius 2 is 1.88 bits per heavy atom. The number of nitrogens with zero attached hydrogens (tertiary/aromatic N) is 2. The highest BCUT2D eigenvalue weighted by Gasteiger charge is 2.12. The van der Waals surface area contributed by atoms with E-state index in [4.69, 9.17) is 0 Å². The molecule has 0 unspecified atom stereocenters. The number of para-hydroxylation sites is 1. The molecule has 4 heteroatoms. The summed E-state index contributed by atoms with van der Waals surface area (Å²) >= 11 is 0. The first-order valence-electron chi connectivity index (χ1n) is 4.94. The van der Waals surface area contributed by atoms with E-state index in [9.17, 15) is 9.90 Å². The first kappa shape index (κ1) is 10.4. The zero-order valence-corrected chi connectivity index (χ0v) is 9.10. The average molecular weight is 215 g/mol. The van der Waals surface area contributed by atoms with Gasteiger partial charge in [0.05, 0.1) is 23.0 Å². The fourth-order valence-electron chi connectivity index (χ4n) is 1.76. The van der Waals surface area contributed by atoms with E-state index < -0.39 is 5.97 Å². The molecule has 0 spiro atoms. The maximum atomic E-state index is 10.9. The molecule has 0 saturated heterocycles. The minimum Gasteiger partial charge on any atom is -0.545 e. The smallest absolute Gasteiger partial charge is 0.0752 e. The Hall–Kier alpha value is -2.10. The number of rotatable bonds is 2. The van der Waals surface area contributed by atoms with Crippen molar-refractivity contribution in [2.45, 2.75) is 13.8 Å². The lowest BCUT2D eigenvalue weighted by Gasteiger charge is -2.05. The van der Waals surface area contributed by atoms with Crippen LogP contribution in [0.25, 0.3) is 5.69 Å². The van der Waals surface area contributed by atoms with Crippen LogP contribution in [-0.4, -0.2) is 15.7 Å². The number of aromatic nitrogens is 2. The minimum absolute atomic E-state index is 0.170. The highest BCUT2D eigenvalue weighted by Crippen LogP contribution is 2.16. The topological polar surface area (TPSA) is 58.0 Å². The second kappa shape index (κ2) is 3.81. The molecule has 0 fully saturated rings. The number of benzene rings is 1. The number of carboxylic acids is 1. The predicted octanol–water partition coefficient (Wildman–Crippen LogP) is 0.853. The van der Waals surface area contributed by atoms with E-state index >= 15 is 0 Å². The molecular weight excluding hydrogens is 204 g/mol. The van der Waals surface area contributed by atoms with Crippen molar-refractivity contribution in [1.82, 2.24) is 9.78 Å². The van der Waals surface area contributed by atoms with Crippen molar-refractivity contribution in [3.05, 3.63) is 47.3 Å². The van der Waals surface area contributed by atoms with E-state index in [0.29, 0.717) is 11.4 Å². The highest BCUT2D eigenvalue weighted by molar-refractivity contribution is 5.88. The number of carboxylic acid groups (broad SMARTS) is 1. The third-order valence-electron chi connectivity index (χ3n) is 2.50. The van der Waals surface area contributed by atoms with Gasteiger partial charge in [-0.2, -0.15) is 5.10 Å². The van der Waals surface area contributed by atoms with Gasteiger partial charge < -0.3 is 9.90 Å². The number of carbonyl (C=O) groups excluding carboxylic acids is 1. The Labute approximate surface area is 93.1 Å². The van der Waals surface area contributed by atoms with Crippen LogP contribution in [0.2, 0.25) is 0 Å². The van der Waals surface area contributed by atoms with Gasteiger partial charge >= 0.3 is 0 Å². The highest BCUT2D eigenvalue weighted by atomic mass is 16.4. The molecule has 0 amide bonds. The summed E-state index contributed by atoms with van der Waals surface area (Å²) in [5.41, 5.74) is 2.07. The summed E-state index contributed by atoms with van der Waals surface area (Å²) in [7, 11) is 0. The van der Waals surface area contributed by atoms with Gasteiger partial charge in [0.2, 0.25) is 0 Å². The lowest BCUT2D eigenvalue weighted by Crippen LogP contribution is -2.23. The number of hydrogen-bond donors (Lipinski definition) is 0. The summed E-state index contributed by atoms with van der Waals surface area (Å²) in [6.45, 7) is 3.38. The van der Waals surface area contributed by atoms with Gasteiger partial charge in [-0.1, -0.05) is 18.2 Å². The largest absolute Gasteiger partial charge is 0.545 e. The molecule has 2 aromatic rings. The molecule has 0 atom stereocenters. The molecule has 0 aliphatic heterocycles. The third-order valence-corrected chi connectivity index (χ3v) is 2.50. The molecule has 0 bridgehead atoms. The number of aromatic carboxylic acids is 1. The van der Waals surface area contributed by atoms with Crippen LogP contribution in [0, 0.1) is 13.8 Å². The van der Waals surface area contributed by atoms with Crippen LogP contribution in [0.1, 0.15) is 21.7 Å². The monoisotopic (exact) mass is 215 g/mol. The number of hydrogen-bond acceptors (Lipinski definition) is 3. The van der Waals surface area contributed by atoms with Gasteiger partial charge in [0.25, 0.3) is 0 Å². The molecular formula is C12H11N2O2-. The van der Waals surface area contributed by atoms with Crippen molar-refractivity contribution >= 4 is 5.97 Å². The van der Waals surface area contributed by atoms with Crippen LogP contribution in [-0.2, 0) is 0 Å². The first-order chi connectivity index (χ1) is 7.61. The Bertz CT molecular complexity index is 529. The van der Waals surface area contributed by atoms with E-state index in [2.05, 4.69) is 5.10 Å². The third kappa shape index (κ3) is 1.58. The molecule has 2 rings (SSSR count). The summed E-state index contributed by atoms with van der Waals surface area (Å²) in [6.07, 6.45) is 0. The molecule has 0 N–H and O–H groups in total. The van der Waals surface area contributed by atoms with Crippen molar-refractivity contribution in [1.29, 1.82) is 0 Å². The van der Waals surface area contributed by atoms with Crippen LogP contribution in [0.15, 0.2) is 30.3 Å². The van der Waals surface area contributed by atoms with Gasteiger partial charge in [-0.25, -0.2) is 4.68 Å². The van der Waals surface area contributed by atoms with Crippen LogP contribution in [0.5, 0.6) is 0 Å². The van der Waals surface area contributed by atoms with E-state index in [0.717, 1.165) is 5.69 Å². The zero-order chi connectivity index (χ0) is 11.7. The van der Waals surface area contributed by atoms with E-state index in [1.54, 1.807) is 18.5 Å². The molecule has 0 aliphatic rings. The van der Waals surface area contributed by atoms with Gasteiger partial charge in [-0.05, 0) is 26.0 Å². The second-order valence-corrected chi connectivity index (χ2v) is 3.58. The van der Waals surface area contributed by atoms with Crippen molar-refractivity contribution < 1.29 is 9.90 Å². The predicted molar refractivity (Wildman–Crippen MR) is 57.4 cm³/mol. The first-order valence-corrected chi connectivity index (χ1v) is 4.94. The molecule has 1 aromatic carbocycles. The molecule has 16 heavy (non-hydrogen) atoms. The Balaban J connectivity index is 2.61. The quantitative estimate of drug-likeness (QED) is 0.746. The van der Waals surface area contributed by atoms with E-state index in [1.165, 1.54) is 0 Å². The minimum atomic E-state index is -1.18. The molecule has 4 nitrogen and oxygen atoms in total. The second-order valence-electron chi connectivity index (χ2n) is 3.58. The summed E-state index contributed by atoms with van der Waals surface area (Å²) in [4.78, 5) is 10.9. The van der Waals surface area contributed by atoms with Crippen molar-refractivity contribution in [2.75, 3.05) is 0 Å². The average Bonchev–Trinajstić information content (AvgIpc) is 2.55. The van der Waals surface area contributed by atoms with Crippen LogP contribution < -0.4 is 5.11 Å². The van der Waals surface area contributed by atoms with Gasteiger partial charge in [-0.3, -0.25) is 0 Å². The maximum absolute atomic E-state index is 10.9. The van der Waals surface area contributed by atoms with Crippen molar-refractivity contribution in [3.8, 4) is 5.69 Å². The zero-order valence-electron chi connectivity index (χ0n) is 9.10. The summed E-state index contributed by atoms with van der Waals surface area (Å²) in [6, 6.07) is 9.40. The standard InChI is InChI=1S/C12H12N2O2/c1-8-11(12(15)16)9(2)14(13-8)10-6-4-3-5-7-10/h3-7H,1-2H3,(H,15,16)/p-1. The fraction of sp³-hybridized carbons (Fsp3) is 0.167. The molecule has 1 heterocycles. The Kier molecular flexibility index (Phi) is 2.48. The van der Waals surface area contributed by atoms with Crippen molar-refractivity contribution in [2.24, 2.45) is 0 Å². The Morgan fingerprint density at radius 1 is 1.25 bits per heavy atom. The van der Waals surface area contributed by atoms with Crippen molar-refractivity contribution in [3.63, 3.8) is 0 Å². The molecule has 0 saturated carbocycles. The van der Waals surface area contributed by atoms with Gasteiger partial charge in [-0.15, -0.1) is 0 Å². The summed E-state index contributed by atoms with van der Waals surface area (Å²) < 4.78 is 1.61. The summed E-state index contributed by atoms with van der Waals surface area (Å²) in [5, 5.41) is 15.1. The Morgan fingerprint density at radius 3 is 2.38 bits per heavy atom. The molecule has 0 radical (unpaired) electrons. The maximum Gasteiger partial charge on any atom is 0.0752 e. The fourth-order valence-corrected chi connectivity index (χ4v) is 1.76. The van der Waals surface area contributed by atoms with E-state index in [-0.39, 0.29) is 5.56 Å². The van der Waals surface area contributed by atoms with Gasteiger partial charge in [0.15, 0.2) is 0 Å². The van der Waals surface area contributed by atoms with Gasteiger partial charge in [0.1, 0.15) is 0 Å². The molecule has 0 aliphatic carbocycles. The number of carbonyl (C=O) groups is 1. The van der Waals surface area contributed by atoms with Crippen LogP contribution in [0.4, 0.5) is 0 Å². The lowest BCUT2D eigenvalue weighted by atomic mass is 10.2. The SMILES string of the molecule is Cc1nn(-c2ccccc2)c(C)c1C(=O)[O-]. The van der Waals surface area contributed by atoms with Gasteiger partial charge in [0, 0.05) is 5.56 Å².